The van der Waals surface area contributed by atoms with Gasteiger partial charge in [-0.05, 0) is 31.9 Å². The summed E-state index contributed by atoms with van der Waals surface area (Å²) in [7, 11) is 0. The molecule has 3 heteroatoms. The quantitative estimate of drug-likeness (QED) is 0.745. The van der Waals surface area contributed by atoms with E-state index in [9.17, 15) is 9.50 Å². The molecule has 1 heterocycles. The lowest BCUT2D eigenvalue weighted by Gasteiger charge is -2.24. The molecule has 1 atom stereocenters. The zero-order valence-corrected chi connectivity index (χ0v) is 8.89. The second-order valence-corrected chi connectivity index (χ2v) is 4.14. The fourth-order valence-corrected chi connectivity index (χ4v) is 2.08. The Kier molecular flexibility index (Phi) is 2.91. The summed E-state index contributed by atoms with van der Waals surface area (Å²) in [5.74, 6) is -0.672. The van der Waals surface area contributed by atoms with Crippen LogP contribution in [0.4, 0.5) is 4.39 Å². The van der Waals surface area contributed by atoms with Crippen molar-refractivity contribution in [3.05, 3.63) is 29.1 Å². The minimum Gasteiger partial charge on any atom is -0.505 e. The molecule has 1 saturated heterocycles. The Hall–Kier alpha value is -1.09. The van der Waals surface area contributed by atoms with Gasteiger partial charge in [-0.25, -0.2) is 4.39 Å². The van der Waals surface area contributed by atoms with Gasteiger partial charge >= 0.3 is 0 Å². The number of piperidine rings is 1. The second kappa shape index (κ2) is 4.19. The molecule has 1 aromatic carbocycles. The van der Waals surface area contributed by atoms with Gasteiger partial charge in [0.05, 0.1) is 0 Å². The zero-order valence-electron chi connectivity index (χ0n) is 8.89. The molecule has 1 fully saturated rings. The molecule has 0 amide bonds. The van der Waals surface area contributed by atoms with Gasteiger partial charge in [0.15, 0.2) is 11.6 Å². The Morgan fingerprint density at radius 1 is 1.40 bits per heavy atom. The molecule has 0 aromatic heterocycles. The van der Waals surface area contributed by atoms with E-state index >= 15 is 0 Å². The van der Waals surface area contributed by atoms with Crippen molar-refractivity contribution in [1.29, 1.82) is 0 Å². The van der Waals surface area contributed by atoms with Crippen LogP contribution in [0.2, 0.25) is 0 Å². The summed E-state index contributed by atoms with van der Waals surface area (Å²) in [5, 5.41) is 13.0. The standard InChI is InChI=1S/C12H16FNO/c1-8-5-6-9(12(15)11(8)13)10-4-2-3-7-14-10/h5-6,10,14-15H,2-4,7H2,1H3/t10-/m0/s1. The highest BCUT2D eigenvalue weighted by Gasteiger charge is 2.20. The molecule has 0 bridgehead atoms. The fourth-order valence-electron chi connectivity index (χ4n) is 2.08. The van der Waals surface area contributed by atoms with E-state index in [0.717, 1.165) is 25.8 Å². The molecule has 0 aliphatic carbocycles. The normalized spacial score (nSPS) is 21.6. The first kappa shape index (κ1) is 10.4. The Bertz CT molecular complexity index is 359. The lowest BCUT2D eigenvalue weighted by atomic mass is 9.96. The number of aryl methyl sites for hydroxylation is 1. The number of nitrogens with one attached hydrogen (secondary N) is 1. The Labute approximate surface area is 89.1 Å². The predicted molar refractivity (Wildman–Crippen MR) is 57.4 cm³/mol. The molecular weight excluding hydrogens is 193 g/mol. The first-order valence-electron chi connectivity index (χ1n) is 5.41. The van der Waals surface area contributed by atoms with E-state index in [0.29, 0.717) is 11.1 Å². The third kappa shape index (κ3) is 1.97. The first-order valence-corrected chi connectivity index (χ1v) is 5.41. The number of aromatic hydroxyl groups is 1. The van der Waals surface area contributed by atoms with E-state index < -0.39 is 5.82 Å². The molecule has 1 aliphatic heterocycles. The third-order valence-corrected chi connectivity index (χ3v) is 3.03. The van der Waals surface area contributed by atoms with Crippen LogP contribution >= 0.6 is 0 Å². The van der Waals surface area contributed by atoms with E-state index in [-0.39, 0.29) is 11.8 Å². The maximum atomic E-state index is 13.5. The van der Waals surface area contributed by atoms with Crippen molar-refractivity contribution in [1.82, 2.24) is 5.32 Å². The van der Waals surface area contributed by atoms with Gasteiger partial charge in [-0.3, -0.25) is 0 Å². The van der Waals surface area contributed by atoms with Crippen LogP contribution < -0.4 is 5.32 Å². The minimum absolute atomic E-state index is 0.105. The van der Waals surface area contributed by atoms with Gasteiger partial charge in [-0.1, -0.05) is 18.6 Å². The molecular formula is C12H16FNO. The van der Waals surface area contributed by atoms with E-state index in [1.54, 1.807) is 13.0 Å². The number of phenolic OH excluding ortho intramolecular Hbond substituents is 1. The number of phenols is 1. The molecule has 1 aromatic rings. The second-order valence-electron chi connectivity index (χ2n) is 4.14. The van der Waals surface area contributed by atoms with Crippen LogP contribution in [0.3, 0.4) is 0 Å². The third-order valence-electron chi connectivity index (χ3n) is 3.03. The molecule has 2 nitrogen and oxygen atoms in total. The van der Waals surface area contributed by atoms with Crippen molar-refractivity contribution in [2.45, 2.75) is 32.2 Å². The van der Waals surface area contributed by atoms with E-state index in [1.807, 2.05) is 6.07 Å². The highest BCUT2D eigenvalue weighted by atomic mass is 19.1. The van der Waals surface area contributed by atoms with Crippen molar-refractivity contribution in [2.24, 2.45) is 0 Å². The summed E-state index contributed by atoms with van der Waals surface area (Å²) in [6, 6.07) is 3.64. The fraction of sp³-hybridized carbons (Fsp3) is 0.500. The van der Waals surface area contributed by atoms with Crippen LogP contribution in [-0.2, 0) is 0 Å². The van der Waals surface area contributed by atoms with Crippen LogP contribution in [0.25, 0.3) is 0 Å². The van der Waals surface area contributed by atoms with Crippen molar-refractivity contribution in [3.63, 3.8) is 0 Å². The number of benzene rings is 1. The van der Waals surface area contributed by atoms with Crippen LogP contribution in [0, 0.1) is 12.7 Å². The van der Waals surface area contributed by atoms with Crippen molar-refractivity contribution in [2.75, 3.05) is 6.54 Å². The molecule has 0 spiro atoms. The number of hydrogen-bond acceptors (Lipinski definition) is 2. The Morgan fingerprint density at radius 3 is 2.87 bits per heavy atom. The summed E-state index contributed by atoms with van der Waals surface area (Å²) in [4.78, 5) is 0. The van der Waals surface area contributed by atoms with E-state index in [1.165, 1.54) is 0 Å². The average molecular weight is 209 g/mol. The monoisotopic (exact) mass is 209 g/mol. The van der Waals surface area contributed by atoms with Gasteiger partial charge in [-0.15, -0.1) is 0 Å². The van der Waals surface area contributed by atoms with Crippen molar-refractivity contribution >= 4 is 0 Å². The smallest absolute Gasteiger partial charge is 0.168 e. The Morgan fingerprint density at radius 2 is 2.20 bits per heavy atom. The summed E-state index contributed by atoms with van der Waals surface area (Å²) in [6.07, 6.45) is 3.26. The van der Waals surface area contributed by atoms with Gasteiger partial charge in [0, 0.05) is 11.6 Å². The van der Waals surface area contributed by atoms with Gasteiger partial charge in [-0.2, -0.15) is 0 Å². The van der Waals surface area contributed by atoms with Crippen LogP contribution in [0.15, 0.2) is 12.1 Å². The molecule has 15 heavy (non-hydrogen) atoms. The van der Waals surface area contributed by atoms with Crippen LogP contribution in [-0.4, -0.2) is 11.7 Å². The summed E-state index contributed by atoms with van der Waals surface area (Å²) in [5.41, 5.74) is 1.19. The van der Waals surface area contributed by atoms with Gasteiger partial charge in [0.25, 0.3) is 0 Å². The average Bonchev–Trinajstić information content (AvgIpc) is 2.27. The van der Waals surface area contributed by atoms with Crippen molar-refractivity contribution < 1.29 is 9.50 Å². The molecule has 1 aliphatic rings. The molecule has 2 N–H and O–H groups in total. The van der Waals surface area contributed by atoms with Crippen molar-refractivity contribution in [3.8, 4) is 5.75 Å². The largest absolute Gasteiger partial charge is 0.505 e. The lowest BCUT2D eigenvalue weighted by Crippen LogP contribution is -2.26. The molecule has 0 radical (unpaired) electrons. The predicted octanol–water partition coefficient (Wildman–Crippen LogP) is 2.65. The maximum absolute atomic E-state index is 13.5. The molecule has 82 valence electrons. The van der Waals surface area contributed by atoms with Crippen LogP contribution in [0.5, 0.6) is 5.75 Å². The lowest BCUT2D eigenvalue weighted by molar-refractivity contribution is 0.376. The minimum atomic E-state index is -0.486. The SMILES string of the molecule is Cc1ccc([C@@H]2CCCCN2)c(O)c1F. The van der Waals surface area contributed by atoms with Gasteiger partial charge in [0.1, 0.15) is 0 Å². The maximum Gasteiger partial charge on any atom is 0.168 e. The zero-order chi connectivity index (χ0) is 10.8. The first-order chi connectivity index (χ1) is 7.20. The number of hydrogen-bond donors (Lipinski definition) is 2. The topological polar surface area (TPSA) is 32.3 Å². The summed E-state index contributed by atoms with van der Waals surface area (Å²) >= 11 is 0. The summed E-state index contributed by atoms with van der Waals surface area (Å²) < 4.78 is 13.5. The number of rotatable bonds is 1. The number of halogens is 1. The molecule has 2 rings (SSSR count). The van der Waals surface area contributed by atoms with E-state index in [2.05, 4.69) is 5.32 Å². The van der Waals surface area contributed by atoms with Gasteiger partial charge in [0.2, 0.25) is 0 Å². The molecule has 0 unspecified atom stereocenters. The van der Waals surface area contributed by atoms with E-state index in [4.69, 9.17) is 0 Å². The Balaban J connectivity index is 2.31. The highest BCUT2D eigenvalue weighted by Crippen LogP contribution is 2.32. The highest BCUT2D eigenvalue weighted by molar-refractivity contribution is 5.40. The van der Waals surface area contributed by atoms with Gasteiger partial charge < -0.3 is 10.4 Å². The molecule has 0 saturated carbocycles. The van der Waals surface area contributed by atoms with Crippen LogP contribution in [0.1, 0.15) is 36.4 Å². The summed E-state index contributed by atoms with van der Waals surface area (Å²) in [6.45, 7) is 2.60.